The fourth-order valence-electron chi connectivity index (χ4n) is 5.37. The van der Waals surface area contributed by atoms with Gasteiger partial charge in [0.2, 0.25) is 10.0 Å². The number of benzene rings is 2. The normalized spacial score (nSPS) is 18.8. The summed E-state index contributed by atoms with van der Waals surface area (Å²) in [5.74, 6) is -0.0560. The van der Waals surface area contributed by atoms with Crippen LogP contribution in [-0.2, 0) is 10.0 Å². The van der Waals surface area contributed by atoms with Crippen molar-refractivity contribution >= 4 is 44.0 Å². The molecule has 1 aromatic heterocycles. The summed E-state index contributed by atoms with van der Waals surface area (Å²) < 4.78 is 38.9. The van der Waals surface area contributed by atoms with Gasteiger partial charge < -0.3 is 24.5 Å². The molecule has 38 heavy (non-hydrogen) atoms. The fourth-order valence-corrected chi connectivity index (χ4v) is 6.20. The number of nitrogens with zero attached hydrogens (tertiary/aromatic N) is 1. The molecule has 9 nitrogen and oxygen atoms in total. The summed E-state index contributed by atoms with van der Waals surface area (Å²) in [6.07, 6.45) is 9.59. The van der Waals surface area contributed by atoms with Gasteiger partial charge >= 0.3 is 0 Å². The number of amides is 1. The van der Waals surface area contributed by atoms with Crippen LogP contribution in [0.25, 0.3) is 11.0 Å². The SMILES string of the molecule is O=C(Nc1cc(OC2CCC2)c2occc2c1)c1ccc(NS(=O)(=O)CCO)cc1N1CCC2(CC1)CC2. The minimum absolute atomic E-state index is 0.164. The van der Waals surface area contributed by atoms with Crippen LogP contribution in [0.5, 0.6) is 5.75 Å². The van der Waals surface area contributed by atoms with Gasteiger partial charge in [-0.25, -0.2) is 8.42 Å². The molecule has 0 bridgehead atoms. The lowest BCUT2D eigenvalue weighted by Crippen LogP contribution is -2.35. The second-order valence-corrected chi connectivity index (χ2v) is 12.6. The van der Waals surface area contributed by atoms with Crippen LogP contribution in [0.2, 0.25) is 0 Å². The lowest BCUT2D eigenvalue weighted by atomic mass is 9.93. The molecule has 6 rings (SSSR count). The molecule has 2 aliphatic carbocycles. The van der Waals surface area contributed by atoms with Crippen molar-refractivity contribution in [2.75, 3.05) is 40.4 Å². The van der Waals surface area contributed by atoms with Gasteiger partial charge in [-0.05, 0) is 80.7 Å². The first-order chi connectivity index (χ1) is 18.3. The van der Waals surface area contributed by atoms with Crippen molar-refractivity contribution in [3.63, 3.8) is 0 Å². The van der Waals surface area contributed by atoms with Crippen molar-refractivity contribution in [3.05, 3.63) is 48.2 Å². The number of anilines is 3. The molecule has 3 N–H and O–H groups in total. The Bertz CT molecular complexity index is 1450. The molecule has 1 spiro atoms. The number of furan rings is 1. The number of sulfonamides is 1. The molecule has 10 heteroatoms. The predicted octanol–water partition coefficient (Wildman–Crippen LogP) is 4.73. The zero-order chi connectivity index (χ0) is 26.3. The summed E-state index contributed by atoms with van der Waals surface area (Å²) in [5.41, 5.74) is 3.25. The minimum atomic E-state index is -3.69. The Kier molecular flexibility index (Phi) is 6.47. The largest absolute Gasteiger partial charge is 0.486 e. The predicted molar refractivity (Wildman–Crippen MR) is 146 cm³/mol. The first-order valence-corrected chi connectivity index (χ1v) is 15.0. The number of ether oxygens (including phenoxy) is 1. The number of carbonyl (C=O) groups is 1. The van der Waals surface area contributed by atoms with Gasteiger partial charge in [-0.15, -0.1) is 0 Å². The van der Waals surface area contributed by atoms with Gasteiger partial charge in [0.25, 0.3) is 5.91 Å². The fraction of sp³-hybridized carbons (Fsp3) is 0.464. The van der Waals surface area contributed by atoms with E-state index in [2.05, 4.69) is 14.9 Å². The summed E-state index contributed by atoms with van der Waals surface area (Å²) in [4.78, 5) is 15.8. The molecule has 2 heterocycles. The van der Waals surface area contributed by atoms with Gasteiger partial charge in [0.1, 0.15) is 0 Å². The second kappa shape index (κ2) is 9.81. The van der Waals surface area contributed by atoms with Gasteiger partial charge in [-0.1, -0.05) is 0 Å². The molecule has 1 amide bonds. The molecule has 0 unspecified atom stereocenters. The van der Waals surface area contributed by atoms with Crippen molar-refractivity contribution in [1.29, 1.82) is 0 Å². The second-order valence-electron chi connectivity index (χ2n) is 10.8. The number of fused-ring (bicyclic) bond motifs is 1. The average Bonchev–Trinajstić information content (AvgIpc) is 3.43. The Morgan fingerprint density at radius 1 is 1.08 bits per heavy atom. The Balaban J connectivity index is 1.28. The maximum atomic E-state index is 13.6. The summed E-state index contributed by atoms with van der Waals surface area (Å²) >= 11 is 0. The molecular formula is C28H33N3O6S. The quantitative estimate of drug-likeness (QED) is 0.359. The number of carbonyl (C=O) groups excluding carboxylic acids is 1. The number of aliphatic hydroxyl groups is 1. The van der Waals surface area contributed by atoms with E-state index in [1.807, 2.05) is 12.1 Å². The van der Waals surface area contributed by atoms with Crippen LogP contribution >= 0.6 is 0 Å². The molecular weight excluding hydrogens is 506 g/mol. The van der Waals surface area contributed by atoms with Crippen LogP contribution in [0.15, 0.2) is 47.1 Å². The summed E-state index contributed by atoms with van der Waals surface area (Å²) in [6, 6.07) is 10.5. The molecule has 0 atom stereocenters. The Labute approximate surface area is 222 Å². The van der Waals surface area contributed by atoms with E-state index in [4.69, 9.17) is 14.3 Å². The van der Waals surface area contributed by atoms with Crippen molar-refractivity contribution in [1.82, 2.24) is 0 Å². The standard InChI is InChI=1S/C28H33N3O6S/c32-13-15-38(34,35)30-20-4-5-23(24(17-20)31-11-9-28(7-8-28)10-12-31)27(33)29-21-16-19-6-14-36-26(19)25(18-21)37-22-2-1-3-22/h4-6,14,16-18,22,30,32H,1-3,7-13,15H2,(H,29,33). The molecule has 202 valence electrons. The van der Waals surface area contributed by atoms with Gasteiger partial charge in [-0.3, -0.25) is 9.52 Å². The highest BCUT2D eigenvalue weighted by Gasteiger charge is 2.44. The molecule has 3 fully saturated rings. The topological polar surface area (TPSA) is 121 Å². The first kappa shape index (κ1) is 25.1. The number of hydrogen-bond acceptors (Lipinski definition) is 7. The van der Waals surface area contributed by atoms with Crippen LogP contribution in [0.4, 0.5) is 17.1 Å². The lowest BCUT2D eigenvalue weighted by molar-refractivity contribution is 0.102. The van der Waals surface area contributed by atoms with Crippen molar-refractivity contribution in [3.8, 4) is 5.75 Å². The number of aliphatic hydroxyl groups excluding tert-OH is 1. The zero-order valence-electron chi connectivity index (χ0n) is 21.2. The average molecular weight is 540 g/mol. The minimum Gasteiger partial charge on any atom is -0.486 e. The molecule has 1 saturated heterocycles. The van der Waals surface area contributed by atoms with E-state index in [1.165, 1.54) is 12.8 Å². The molecule has 0 radical (unpaired) electrons. The van der Waals surface area contributed by atoms with E-state index in [1.54, 1.807) is 30.5 Å². The number of rotatable bonds is 9. The smallest absolute Gasteiger partial charge is 0.257 e. The Morgan fingerprint density at radius 3 is 2.55 bits per heavy atom. The molecule has 2 aromatic carbocycles. The highest BCUT2D eigenvalue weighted by molar-refractivity contribution is 7.92. The molecule has 3 aromatic rings. The van der Waals surface area contributed by atoms with Crippen LogP contribution < -0.4 is 19.7 Å². The Hall–Kier alpha value is -3.24. The third-order valence-electron chi connectivity index (χ3n) is 8.12. The molecule has 1 aliphatic heterocycles. The van der Waals surface area contributed by atoms with E-state index >= 15 is 0 Å². The number of nitrogens with one attached hydrogen (secondary N) is 2. The van der Waals surface area contributed by atoms with E-state index in [0.29, 0.717) is 39.4 Å². The van der Waals surface area contributed by atoms with Crippen LogP contribution in [0.1, 0.15) is 55.3 Å². The summed E-state index contributed by atoms with van der Waals surface area (Å²) in [6.45, 7) is 1.16. The van der Waals surface area contributed by atoms with E-state index < -0.39 is 22.4 Å². The zero-order valence-corrected chi connectivity index (χ0v) is 22.1. The maximum absolute atomic E-state index is 13.6. The van der Waals surface area contributed by atoms with Crippen LogP contribution in [0.3, 0.4) is 0 Å². The first-order valence-electron chi connectivity index (χ1n) is 13.3. The third kappa shape index (κ3) is 5.19. The van der Waals surface area contributed by atoms with E-state index in [-0.39, 0.29) is 12.0 Å². The summed E-state index contributed by atoms with van der Waals surface area (Å²) in [5, 5.41) is 13.0. The lowest BCUT2D eigenvalue weighted by Gasteiger charge is -2.35. The van der Waals surface area contributed by atoms with Crippen molar-refractivity contribution < 1.29 is 27.5 Å². The number of hydrogen-bond donors (Lipinski definition) is 3. The van der Waals surface area contributed by atoms with Gasteiger partial charge in [0.15, 0.2) is 11.3 Å². The summed E-state index contributed by atoms with van der Waals surface area (Å²) in [7, 11) is -3.69. The van der Waals surface area contributed by atoms with Gasteiger partial charge in [-0.2, -0.15) is 0 Å². The number of piperidine rings is 1. The molecule has 2 saturated carbocycles. The highest BCUT2D eigenvalue weighted by atomic mass is 32.2. The van der Waals surface area contributed by atoms with Crippen molar-refractivity contribution in [2.45, 2.75) is 51.0 Å². The van der Waals surface area contributed by atoms with E-state index in [0.717, 1.165) is 50.6 Å². The molecule has 3 aliphatic rings. The Morgan fingerprint density at radius 2 is 1.87 bits per heavy atom. The van der Waals surface area contributed by atoms with Crippen LogP contribution in [-0.4, -0.2) is 51.0 Å². The van der Waals surface area contributed by atoms with Crippen molar-refractivity contribution in [2.24, 2.45) is 5.41 Å². The van der Waals surface area contributed by atoms with Gasteiger partial charge in [0, 0.05) is 30.2 Å². The highest BCUT2D eigenvalue weighted by Crippen LogP contribution is 2.54. The van der Waals surface area contributed by atoms with Crippen LogP contribution in [0, 0.1) is 5.41 Å². The third-order valence-corrected chi connectivity index (χ3v) is 9.39. The monoisotopic (exact) mass is 539 g/mol. The van der Waals surface area contributed by atoms with E-state index in [9.17, 15) is 13.2 Å². The van der Waals surface area contributed by atoms with Gasteiger partial charge in [0.05, 0.1) is 41.7 Å². The maximum Gasteiger partial charge on any atom is 0.257 e.